The number of hydrogen-bond acceptors (Lipinski definition) is 7. The molecule has 7 heteroatoms. The molecule has 0 spiro atoms. The highest BCUT2D eigenvalue weighted by atomic mass is 16.7. The largest absolute Gasteiger partial charge is 0.394 e. The SMILES string of the molecule is CCCCCCCCCCCC(=O)C(O)C1(O)O[C@H](CO)[C@@H](O)[C@@H]1O. The molecule has 0 amide bonds. The Morgan fingerprint density at radius 3 is 2.04 bits per heavy atom. The fourth-order valence-corrected chi connectivity index (χ4v) is 3.18. The number of rotatable bonds is 13. The van der Waals surface area contributed by atoms with E-state index in [2.05, 4.69) is 6.92 Å². The smallest absolute Gasteiger partial charge is 0.229 e. The number of Topliss-reactive ketones (excluding diaryl/α,β-unsaturated/α-hetero) is 1. The molecule has 0 aromatic carbocycles. The van der Waals surface area contributed by atoms with E-state index in [4.69, 9.17) is 9.84 Å². The molecule has 0 saturated carbocycles. The van der Waals surface area contributed by atoms with Gasteiger partial charge < -0.3 is 30.3 Å². The van der Waals surface area contributed by atoms with Crippen LogP contribution in [0, 0.1) is 0 Å². The molecule has 0 aromatic heterocycles. The molecule has 7 nitrogen and oxygen atoms in total. The lowest BCUT2D eigenvalue weighted by molar-refractivity contribution is -0.271. The van der Waals surface area contributed by atoms with E-state index in [-0.39, 0.29) is 6.42 Å². The van der Waals surface area contributed by atoms with Crippen LogP contribution in [0.25, 0.3) is 0 Å². The summed E-state index contributed by atoms with van der Waals surface area (Å²) in [4.78, 5) is 12.0. The molecule has 25 heavy (non-hydrogen) atoms. The van der Waals surface area contributed by atoms with E-state index in [1.807, 2.05) is 0 Å². The summed E-state index contributed by atoms with van der Waals surface area (Å²) in [5, 5.41) is 48.7. The highest BCUT2D eigenvalue weighted by molar-refractivity contribution is 5.84. The maximum Gasteiger partial charge on any atom is 0.229 e. The molecule has 0 aromatic rings. The van der Waals surface area contributed by atoms with Crippen molar-refractivity contribution in [3.8, 4) is 0 Å². The van der Waals surface area contributed by atoms with Gasteiger partial charge in [0.05, 0.1) is 6.61 Å². The van der Waals surface area contributed by atoms with Gasteiger partial charge >= 0.3 is 0 Å². The average Bonchev–Trinajstić information content (AvgIpc) is 2.84. The van der Waals surface area contributed by atoms with Crippen LogP contribution in [0.2, 0.25) is 0 Å². The predicted octanol–water partition coefficient (Wildman–Crippen LogP) is 0.639. The first kappa shape index (κ1) is 22.5. The van der Waals surface area contributed by atoms with E-state index >= 15 is 0 Å². The zero-order chi connectivity index (χ0) is 18.9. The van der Waals surface area contributed by atoms with Crippen LogP contribution in [0.15, 0.2) is 0 Å². The zero-order valence-corrected chi connectivity index (χ0v) is 15.1. The Bertz CT molecular complexity index is 390. The maximum atomic E-state index is 12.0. The van der Waals surface area contributed by atoms with Gasteiger partial charge in [-0.25, -0.2) is 0 Å². The minimum atomic E-state index is -2.58. The van der Waals surface area contributed by atoms with Crippen LogP contribution >= 0.6 is 0 Å². The topological polar surface area (TPSA) is 127 Å². The summed E-state index contributed by atoms with van der Waals surface area (Å²) in [6.07, 6.45) is 3.23. The number of unbranched alkanes of at least 4 members (excludes halogenated alkanes) is 8. The third kappa shape index (κ3) is 6.27. The lowest BCUT2D eigenvalue weighted by Crippen LogP contribution is -2.55. The van der Waals surface area contributed by atoms with Crippen LogP contribution in [0.3, 0.4) is 0 Å². The number of carbonyl (C=O) groups is 1. The van der Waals surface area contributed by atoms with Crippen molar-refractivity contribution in [1.29, 1.82) is 0 Å². The average molecular weight is 362 g/mol. The lowest BCUT2D eigenvalue weighted by atomic mass is 9.95. The van der Waals surface area contributed by atoms with E-state index in [0.29, 0.717) is 6.42 Å². The summed E-state index contributed by atoms with van der Waals surface area (Å²) in [6, 6.07) is 0. The molecule has 1 fully saturated rings. The molecule has 1 heterocycles. The van der Waals surface area contributed by atoms with E-state index in [0.717, 1.165) is 19.3 Å². The van der Waals surface area contributed by atoms with Crippen LogP contribution in [-0.2, 0) is 9.53 Å². The minimum Gasteiger partial charge on any atom is -0.394 e. The van der Waals surface area contributed by atoms with E-state index < -0.39 is 42.6 Å². The fraction of sp³-hybridized carbons (Fsp3) is 0.944. The van der Waals surface area contributed by atoms with Gasteiger partial charge in [-0.3, -0.25) is 4.79 Å². The molecule has 0 bridgehead atoms. The van der Waals surface area contributed by atoms with Crippen LogP contribution in [0.5, 0.6) is 0 Å². The van der Waals surface area contributed by atoms with E-state index in [1.165, 1.54) is 32.1 Å². The van der Waals surface area contributed by atoms with Gasteiger partial charge in [0.25, 0.3) is 0 Å². The number of aliphatic hydroxyl groups excluding tert-OH is 4. The monoisotopic (exact) mass is 362 g/mol. The fourth-order valence-electron chi connectivity index (χ4n) is 3.18. The zero-order valence-electron chi connectivity index (χ0n) is 15.1. The van der Waals surface area contributed by atoms with Gasteiger partial charge in [-0.2, -0.15) is 0 Å². The number of ketones is 1. The molecule has 1 saturated heterocycles. The molecule has 0 radical (unpaired) electrons. The van der Waals surface area contributed by atoms with Crippen molar-refractivity contribution >= 4 is 5.78 Å². The first-order chi connectivity index (χ1) is 11.9. The quantitative estimate of drug-likeness (QED) is 0.304. The van der Waals surface area contributed by atoms with Gasteiger partial charge in [-0.15, -0.1) is 0 Å². The second-order valence-electron chi connectivity index (χ2n) is 6.97. The van der Waals surface area contributed by atoms with Gasteiger partial charge in [0.2, 0.25) is 5.79 Å². The third-order valence-corrected chi connectivity index (χ3v) is 4.87. The number of hydrogen-bond donors (Lipinski definition) is 5. The molecule has 5 N–H and O–H groups in total. The summed E-state index contributed by atoms with van der Waals surface area (Å²) in [5.74, 6) is -3.22. The van der Waals surface area contributed by atoms with Crippen molar-refractivity contribution < 1.29 is 35.1 Å². The third-order valence-electron chi connectivity index (χ3n) is 4.87. The molecule has 0 aliphatic carbocycles. The Hall–Kier alpha value is -0.570. The van der Waals surface area contributed by atoms with Crippen molar-refractivity contribution in [2.24, 2.45) is 0 Å². The Morgan fingerprint density at radius 2 is 1.56 bits per heavy atom. The molecule has 5 atom stereocenters. The normalized spacial score (nSPS) is 30.6. The van der Waals surface area contributed by atoms with Crippen LogP contribution in [-0.4, -0.2) is 68.1 Å². The van der Waals surface area contributed by atoms with Crippen molar-refractivity contribution in [2.75, 3.05) is 6.61 Å². The first-order valence-corrected chi connectivity index (χ1v) is 9.46. The Balaban J connectivity index is 2.26. The highest BCUT2D eigenvalue weighted by Crippen LogP contribution is 2.32. The molecule has 2 unspecified atom stereocenters. The van der Waals surface area contributed by atoms with Crippen LogP contribution < -0.4 is 0 Å². The number of carbonyl (C=O) groups excluding carboxylic acids is 1. The highest BCUT2D eigenvalue weighted by Gasteiger charge is 2.58. The van der Waals surface area contributed by atoms with Gasteiger partial charge in [-0.1, -0.05) is 58.3 Å². The molecule has 148 valence electrons. The van der Waals surface area contributed by atoms with Crippen molar-refractivity contribution in [3.63, 3.8) is 0 Å². The molecule has 1 aliphatic rings. The standard InChI is InChI=1S/C18H34O7/c1-2-3-4-5-6-7-8-9-10-11-13(20)16(22)18(24)17(23)15(21)14(12-19)25-18/h14-17,19,21-24H,2-12H2,1H3/t14-,15-,16?,17+,18?/m1/s1. The summed E-state index contributed by atoms with van der Waals surface area (Å²) >= 11 is 0. The molecular formula is C18H34O7. The van der Waals surface area contributed by atoms with Gasteiger partial charge in [0.15, 0.2) is 11.9 Å². The molecular weight excluding hydrogens is 328 g/mol. The summed E-state index contributed by atoms with van der Waals surface area (Å²) in [6.45, 7) is 1.54. The summed E-state index contributed by atoms with van der Waals surface area (Å²) < 4.78 is 4.93. The Morgan fingerprint density at radius 1 is 1.04 bits per heavy atom. The Kier molecular flexibility index (Phi) is 10.1. The van der Waals surface area contributed by atoms with Crippen molar-refractivity contribution in [1.82, 2.24) is 0 Å². The van der Waals surface area contributed by atoms with E-state index in [9.17, 15) is 25.2 Å². The van der Waals surface area contributed by atoms with Crippen LogP contribution in [0.4, 0.5) is 0 Å². The first-order valence-electron chi connectivity index (χ1n) is 9.46. The van der Waals surface area contributed by atoms with Crippen molar-refractivity contribution in [2.45, 2.75) is 101 Å². The second kappa shape index (κ2) is 11.2. The van der Waals surface area contributed by atoms with Gasteiger partial charge in [0, 0.05) is 6.42 Å². The Labute approximate surface area is 149 Å². The number of aliphatic hydroxyl groups is 5. The molecule has 1 aliphatic heterocycles. The van der Waals surface area contributed by atoms with Gasteiger partial charge in [0.1, 0.15) is 18.3 Å². The minimum absolute atomic E-state index is 0.0648. The van der Waals surface area contributed by atoms with Gasteiger partial charge in [-0.05, 0) is 6.42 Å². The molecule has 1 rings (SSSR count). The number of ether oxygens (including phenoxy) is 1. The summed E-state index contributed by atoms with van der Waals surface area (Å²) in [5.41, 5.74) is 0. The predicted molar refractivity (Wildman–Crippen MR) is 91.8 cm³/mol. The lowest BCUT2D eigenvalue weighted by Gasteiger charge is -2.30. The second-order valence-corrected chi connectivity index (χ2v) is 6.97. The van der Waals surface area contributed by atoms with E-state index in [1.54, 1.807) is 0 Å². The van der Waals surface area contributed by atoms with Crippen LogP contribution in [0.1, 0.15) is 71.1 Å². The van der Waals surface area contributed by atoms with Crippen molar-refractivity contribution in [3.05, 3.63) is 0 Å². The summed E-state index contributed by atoms with van der Waals surface area (Å²) in [7, 11) is 0. The maximum absolute atomic E-state index is 12.0.